The van der Waals surface area contributed by atoms with Crippen LogP contribution < -0.4 is 5.32 Å². The Bertz CT molecular complexity index is 799. The number of fused-ring (bicyclic) bond motifs is 1. The fourth-order valence-corrected chi connectivity index (χ4v) is 2.75. The van der Waals surface area contributed by atoms with E-state index < -0.39 is 0 Å². The van der Waals surface area contributed by atoms with Gasteiger partial charge in [-0.2, -0.15) is 0 Å². The number of carbonyl (C=O) groups is 1. The van der Waals surface area contributed by atoms with Gasteiger partial charge in [0, 0.05) is 16.8 Å². The number of nitrogens with one attached hydrogen (secondary N) is 1. The Morgan fingerprint density at radius 2 is 2.23 bits per heavy atom. The molecule has 4 nitrogen and oxygen atoms in total. The molecule has 2 aromatic heterocycles. The maximum absolute atomic E-state index is 12.0. The van der Waals surface area contributed by atoms with Gasteiger partial charge in [0.1, 0.15) is 11.3 Å². The van der Waals surface area contributed by atoms with Gasteiger partial charge in [-0.15, -0.1) is 11.3 Å². The molecule has 5 heteroatoms. The average molecular weight is 312 g/mol. The number of furan rings is 1. The molecular weight excluding hydrogens is 296 g/mol. The molecule has 2 heterocycles. The molecule has 1 atom stereocenters. The van der Waals surface area contributed by atoms with Crippen LogP contribution in [0.15, 0.2) is 46.2 Å². The maximum atomic E-state index is 12.0. The van der Waals surface area contributed by atoms with Gasteiger partial charge in [0.15, 0.2) is 0 Å². The minimum atomic E-state index is -0.193. The topological polar surface area (TPSA) is 55.1 Å². The SMILES string of the molecule is Cc1nc(/C=C/C(=O)NC(C)c2cc3ccccc3o2)cs1. The zero-order valence-electron chi connectivity index (χ0n) is 12.4. The molecule has 0 saturated heterocycles. The number of thiazole rings is 1. The summed E-state index contributed by atoms with van der Waals surface area (Å²) in [6.07, 6.45) is 3.21. The Balaban J connectivity index is 1.66. The molecule has 1 N–H and O–H groups in total. The summed E-state index contributed by atoms with van der Waals surface area (Å²) >= 11 is 1.56. The van der Waals surface area contributed by atoms with Crippen LogP contribution in [0, 0.1) is 6.92 Å². The minimum absolute atomic E-state index is 0.168. The summed E-state index contributed by atoms with van der Waals surface area (Å²) in [6.45, 7) is 3.84. The summed E-state index contributed by atoms with van der Waals surface area (Å²) in [5, 5.41) is 6.83. The van der Waals surface area contributed by atoms with Crippen molar-refractivity contribution < 1.29 is 9.21 Å². The third-order valence-corrected chi connectivity index (χ3v) is 4.06. The van der Waals surface area contributed by atoms with Crippen molar-refractivity contribution in [3.63, 3.8) is 0 Å². The Hall–Kier alpha value is -2.40. The number of benzene rings is 1. The van der Waals surface area contributed by atoms with Crippen LogP contribution in [0.2, 0.25) is 0 Å². The third kappa shape index (κ3) is 3.26. The van der Waals surface area contributed by atoms with Gasteiger partial charge < -0.3 is 9.73 Å². The number of hydrogen-bond acceptors (Lipinski definition) is 4. The minimum Gasteiger partial charge on any atom is -0.459 e. The van der Waals surface area contributed by atoms with Crippen molar-refractivity contribution in [1.82, 2.24) is 10.3 Å². The van der Waals surface area contributed by atoms with E-state index in [4.69, 9.17) is 4.42 Å². The molecule has 0 spiro atoms. The summed E-state index contributed by atoms with van der Waals surface area (Å²) in [5.74, 6) is 0.575. The van der Waals surface area contributed by atoms with Crippen molar-refractivity contribution in [1.29, 1.82) is 0 Å². The first kappa shape index (κ1) is 14.5. The molecule has 3 rings (SSSR count). The van der Waals surface area contributed by atoms with Crippen LogP contribution in [0.4, 0.5) is 0 Å². The number of aryl methyl sites for hydroxylation is 1. The van der Waals surface area contributed by atoms with Crippen LogP contribution in [-0.4, -0.2) is 10.9 Å². The second kappa shape index (κ2) is 6.15. The van der Waals surface area contributed by atoms with Crippen molar-refractivity contribution >= 4 is 34.3 Å². The highest BCUT2D eigenvalue weighted by atomic mass is 32.1. The highest BCUT2D eigenvalue weighted by Gasteiger charge is 2.12. The second-order valence-corrected chi connectivity index (χ2v) is 6.10. The van der Waals surface area contributed by atoms with Crippen LogP contribution in [-0.2, 0) is 4.79 Å². The highest BCUT2D eigenvalue weighted by molar-refractivity contribution is 7.09. The van der Waals surface area contributed by atoms with Gasteiger partial charge in [-0.3, -0.25) is 4.79 Å². The average Bonchev–Trinajstić information content (AvgIpc) is 3.11. The number of hydrogen-bond donors (Lipinski definition) is 1. The van der Waals surface area contributed by atoms with E-state index in [1.54, 1.807) is 17.4 Å². The van der Waals surface area contributed by atoms with Gasteiger partial charge in [0.2, 0.25) is 5.91 Å². The van der Waals surface area contributed by atoms with Crippen molar-refractivity contribution in [2.45, 2.75) is 19.9 Å². The summed E-state index contributed by atoms with van der Waals surface area (Å²) in [5.41, 5.74) is 1.63. The van der Waals surface area contributed by atoms with Crippen molar-refractivity contribution in [3.05, 3.63) is 58.2 Å². The molecule has 0 radical (unpaired) electrons. The second-order valence-electron chi connectivity index (χ2n) is 5.04. The van der Waals surface area contributed by atoms with E-state index >= 15 is 0 Å². The lowest BCUT2D eigenvalue weighted by atomic mass is 10.2. The first-order valence-corrected chi connectivity index (χ1v) is 7.89. The zero-order valence-corrected chi connectivity index (χ0v) is 13.2. The Labute approximate surface area is 132 Å². The molecule has 1 unspecified atom stereocenters. The van der Waals surface area contributed by atoms with E-state index in [9.17, 15) is 4.79 Å². The van der Waals surface area contributed by atoms with Crippen LogP contribution in [0.25, 0.3) is 17.0 Å². The molecule has 1 aromatic carbocycles. The molecule has 0 aliphatic heterocycles. The van der Waals surface area contributed by atoms with E-state index in [-0.39, 0.29) is 11.9 Å². The number of nitrogens with zero attached hydrogens (tertiary/aromatic N) is 1. The quantitative estimate of drug-likeness (QED) is 0.738. The monoisotopic (exact) mass is 312 g/mol. The van der Waals surface area contributed by atoms with Crippen LogP contribution in [0.1, 0.15) is 29.4 Å². The maximum Gasteiger partial charge on any atom is 0.244 e. The molecule has 22 heavy (non-hydrogen) atoms. The van der Waals surface area contributed by atoms with E-state index in [1.807, 2.05) is 49.6 Å². The Morgan fingerprint density at radius 3 is 2.95 bits per heavy atom. The smallest absolute Gasteiger partial charge is 0.244 e. The largest absolute Gasteiger partial charge is 0.459 e. The Morgan fingerprint density at radius 1 is 1.41 bits per heavy atom. The fourth-order valence-electron chi connectivity index (χ4n) is 2.17. The van der Waals surface area contributed by atoms with E-state index in [1.165, 1.54) is 6.08 Å². The first-order valence-electron chi connectivity index (χ1n) is 7.01. The van der Waals surface area contributed by atoms with E-state index in [2.05, 4.69) is 10.3 Å². The molecule has 0 fully saturated rings. The lowest BCUT2D eigenvalue weighted by molar-refractivity contribution is -0.117. The van der Waals surface area contributed by atoms with Gasteiger partial charge >= 0.3 is 0 Å². The van der Waals surface area contributed by atoms with Crippen LogP contribution >= 0.6 is 11.3 Å². The molecular formula is C17H16N2O2S. The first-order chi connectivity index (χ1) is 10.6. The number of amides is 1. The standard InChI is InChI=1S/C17H16N2O2S/c1-11(16-9-13-5-3-4-6-15(13)21-16)18-17(20)8-7-14-10-22-12(2)19-14/h3-11H,1-2H3,(H,18,20)/b8-7+. The van der Waals surface area contributed by atoms with Crippen molar-refractivity contribution in [3.8, 4) is 0 Å². The van der Waals surface area contributed by atoms with Gasteiger partial charge in [-0.1, -0.05) is 18.2 Å². The van der Waals surface area contributed by atoms with E-state index in [0.717, 1.165) is 27.4 Å². The van der Waals surface area contributed by atoms with Gasteiger partial charge in [-0.25, -0.2) is 4.98 Å². The predicted octanol–water partition coefficient (Wildman–Crippen LogP) is 4.09. The number of aromatic nitrogens is 1. The highest BCUT2D eigenvalue weighted by Crippen LogP contribution is 2.23. The molecule has 1 amide bonds. The molecule has 0 aliphatic carbocycles. The van der Waals surface area contributed by atoms with Crippen molar-refractivity contribution in [2.75, 3.05) is 0 Å². The van der Waals surface area contributed by atoms with Crippen molar-refractivity contribution in [2.24, 2.45) is 0 Å². The summed E-state index contributed by atoms with van der Waals surface area (Å²) in [4.78, 5) is 16.2. The normalized spacial score (nSPS) is 12.8. The number of para-hydroxylation sites is 1. The predicted molar refractivity (Wildman–Crippen MR) is 88.7 cm³/mol. The fraction of sp³-hybridized carbons (Fsp3) is 0.176. The summed E-state index contributed by atoms with van der Waals surface area (Å²) < 4.78 is 5.75. The van der Waals surface area contributed by atoms with Crippen LogP contribution in [0.3, 0.4) is 0 Å². The van der Waals surface area contributed by atoms with Gasteiger partial charge in [-0.05, 0) is 32.1 Å². The number of carbonyl (C=O) groups excluding carboxylic acids is 1. The molecule has 0 bridgehead atoms. The van der Waals surface area contributed by atoms with Gasteiger partial charge in [0.25, 0.3) is 0 Å². The Kier molecular flexibility index (Phi) is 4.06. The number of rotatable bonds is 4. The van der Waals surface area contributed by atoms with Crippen LogP contribution in [0.5, 0.6) is 0 Å². The lowest BCUT2D eigenvalue weighted by Crippen LogP contribution is -2.24. The molecule has 0 saturated carbocycles. The third-order valence-electron chi connectivity index (χ3n) is 3.27. The molecule has 0 aliphatic rings. The summed E-state index contributed by atoms with van der Waals surface area (Å²) in [7, 11) is 0. The molecule has 3 aromatic rings. The zero-order chi connectivity index (χ0) is 15.5. The molecule has 112 valence electrons. The summed E-state index contributed by atoms with van der Waals surface area (Å²) in [6, 6.07) is 9.55. The van der Waals surface area contributed by atoms with E-state index in [0.29, 0.717) is 0 Å². The van der Waals surface area contributed by atoms with Gasteiger partial charge in [0.05, 0.1) is 16.7 Å². The lowest BCUT2D eigenvalue weighted by Gasteiger charge is -2.08.